The molecule has 0 aliphatic carbocycles. The summed E-state index contributed by atoms with van der Waals surface area (Å²) in [5.41, 5.74) is 0.834. The van der Waals surface area contributed by atoms with Crippen molar-refractivity contribution in [2.75, 3.05) is 19.6 Å². The van der Waals surface area contributed by atoms with E-state index >= 15 is 0 Å². The maximum absolute atomic E-state index is 12.4. The van der Waals surface area contributed by atoms with E-state index in [2.05, 4.69) is 16.1 Å². The van der Waals surface area contributed by atoms with Gasteiger partial charge in [-0.3, -0.25) is 9.69 Å². The Balaban J connectivity index is 1.91. The van der Waals surface area contributed by atoms with Crippen LogP contribution in [0.2, 0.25) is 0 Å². The van der Waals surface area contributed by atoms with Crippen LogP contribution in [0.4, 0.5) is 0 Å². The average molecular weight is 349 g/mol. The predicted molar refractivity (Wildman–Crippen MR) is 92.4 cm³/mol. The van der Waals surface area contributed by atoms with Crippen molar-refractivity contribution in [3.63, 3.8) is 0 Å². The van der Waals surface area contributed by atoms with E-state index in [1.165, 1.54) is 12.1 Å². The van der Waals surface area contributed by atoms with Crippen molar-refractivity contribution < 1.29 is 13.2 Å². The fourth-order valence-electron chi connectivity index (χ4n) is 2.84. The van der Waals surface area contributed by atoms with Crippen LogP contribution in [0, 0.1) is 18.3 Å². The Morgan fingerprint density at radius 2 is 1.96 bits per heavy atom. The quantitative estimate of drug-likeness (QED) is 0.771. The molecule has 0 radical (unpaired) electrons. The first-order valence-electron chi connectivity index (χ1n) is 7.90. The Bertz CT molecular complexity index is 714. The Morgan fingerprint density at radius 3 is 2.46 bits per heavy atom. The normalized spacial score (nSPS) is 17.9. The zero-order valence-electron chi connectivity index (χ0n) is 13.7. The number of piperidine rings is 1. The smallest absolute Gasteiger partial charge is 0.238 e. The van der Waals surface area contributed by atoms with Gasteiger partial charge in [0.15, 0.2) is 0 Å². The number of likely N-dealkylation sites (tertiary alicyclic amines) is 1. The van der Waals surface area contributed by atoms with Crippen molar-refractivity contribution in [3.05, 3.63) is 29.8 Å². The summed E-state index contributed by atoms with van der Waals surface area (Å²) in [7, 11) is -3.70. The highest BCUT2D eigenvalue weighted by molar-refractivity contribution is 7.89. The summed E-state index contributed by atoms with van der Waals surface area (Å²) < 4.78 is 22.5. The third kappa shape index (κ3) is 4.81. The number of terminal acetylenes is 1. The highest BCUT2D eigenvalue weighted by Crippen LogP contribution is 2.20. The van der Waals surface area contributed by atoms with Gasteiger partial charge < -0.3 is 5.32 Å². The number of rotatable bonds is 5. The molecule has 0 saturated carbocycles. The largest absolute Gasteiger partial charge is 0.349 e. The summed E-state index contributed by atoms with van der Waals surface area (Å²) in [5.74, 6) is 2.64. The topological polar surface area (TPSA) is 92.5 Å². The molecular weight excluding hydrogens is 326 g/mol. The molecule has 24 heavy (non-hydrogen) atoms. The predicted octanol–water partition coefficient (Wildman–Crippen LogP) is 0.856. The highest BCUT2D eigenvalue weighted by Gasteiger charge is 2.25. The molecule has 1 aliphatic rings. The lowest BCUT2D eigenvalue weighted by molar-refractivity contribution is -0.127. The lowest BCUT2D eigenvalue weighted by atomic mass is 9.95. The highest BCUT2D eigenvalue weighted by atomic mass is 32.2. The molecule has 0 aromatic heterocycles. The minimum Gasteiger partial charge on any atom is -0.349 e. The fraction of sp³-hybridized carbons (Fsp3) is 0.471. The maximum Gasteiger partial charge on any atom is 0.238 e. The van der Waals surface area contributed by atoms with Gasteiger partial charge in [0.25, 0.3) is 0 Å². The molecule has 6 nitrogen and oxygen atoms in total. The Hall–Kier alpha value is -1.88. The fourth-order valence-corrected chi connectivity index (χ4v) is 3.36. The van der Waals surface area contributed by atoms with E-state index in [0.29, 0.717) is 6.54 Å². The van der Waals surface area contributed by atoms with E-state index in [9.17, 15) is 13.2 Å². The Labute approximate surface area is 143 Å². The molecule has 2 rings (SSSR count). The number of sulfonamides is 1. The number of hydrogen-bond donors (Lipinski definition) is 2. The number of hydrogen-bond acceptors (Lipinski definition) is 4. The second-order valence-corrected chi connectivity index (χ2v) is 7.66. The van der Waals surface area contributed by atoms with Crippen LogP contribution in [0.15, 0.2) is 29.2 Å². The zero-order valence-corrected chi connectivity index (χ0v) is 14.6. The number of benzene rings is 1. The van der Waals surface area contributed by atoms with E-state index in [1.807, 2.05) is 6.92 Å². The van der Waals surface area contributed by atoms with E-state index in [-0.39, 0.29) is 22.8 Å². The van der Waals surface area contributed by atoms with Crippen molar-refractivity contribution in [1.82, 2.24) is 10.2 Å². The summed E-state index contributed by atoms with van der Waals surface area (Å²) in [6, 6.07) is 6.04. The second-order valence-electron chi connectivity index (χ2n) is 6.10. The zero-order chi connectivity index (χ0) is 17.7. The van der Waals surface area contributed by atoms with Crippen LogP contribution in [-0.2, 0) is 14.8 Å². The molecule has 3 N–H and O–H groups in total. The average Bonchev–Trinajstić information content (AvgIpc) is 2.55. The Kier molecular flexibility index (Phi) is 5.99. The van der Waals surface area contributed by atoms with Crippen LogP contribution in [0.3, 0.4) is 0 Å². The standard InChI is InChI=1S/C17H23N3O3S/c1-3-10-20-11-8-15(9-12-20)17(21)19-13(2)14-4-6-16(7-5-14)24(18,22)23/h1,4-7,13,15H,8-12H2,2H3,(H,19,21)(H2,18,22,23). The number of primary sulfonamides is 1. The van der Waals surface area contributed by atoms with Crippen LogP contribution in [-0.4, -0.2) is 38.9 Å². The molecule has 1 fully saturated rings. The van der Waals surface area contributed by atoms with Crippen molar-refractivity contribution in [2.45, 2.75) is 30.7 Å². The summed E-state index contributed by atoms with van der Waals surface area (Å²) in [5, 5.41) is 8.07. The number of nitrogens with two attached hydrogens (primary N) is 1. The summed E-state index contributed by atoms with van der Waals surface area (Å²) in [6.45, 7) is 4.16. The van der Waals surface area contributed by atoms with Gasteiger partial charge in [-0.25, -0.2) is 13.6 Å². The molecule has 1 heterocycles. The molecule has 1 aromatic carbocycles. The van der Waals surface area contributed by atoms with Crippen LogP contribution in [0.25, 0.3) is 0 Å². The number of carbonyl (C=O) groups is 1. The van der Waals surface area contributed by atoms with E-state index < -0.39 is 10.0 Å². The van der Waals surface area contributed by atoms with Crippen LogP contribution < -0.4 is 10.5 Å². The summed E-state index contributed by atoms with van der Waals surface area (Å²) >= 11 is 0. The molecule has 1 amide bonds. The number of carbonyl (C=O) groups excluding carboxylic acids is 1. The van der Waals surface area contributed by atoms with Crippen LogP contribution in [0.5, 0.6) is 0 Å². The molecule has 1 aliphatic heterocycles. The van der Waals surface area contributed by atoms with Gasteiger partial charge in [-0.05, 0) is 50.6 Å². The molecule has 0 spiro atoms. The first-order chi connectivity index (χ1) is 11.3. The summed E-state index contributed by atoms with van der Waals surface area (Å²) in [6.07, 6.45) is 6.90. The molecule has 130 valence electrons. The number of nitrogens with zero attached hydrogens (tertiary/aromatic N) is 1. The van der Waals surface area contributed by atoms with E-state index in [0.717, 1.165) is 31.5 Å². The number of amides is 1. The molecule has 1 saturated heterocycles. The van der Waals surface area contributed by atoms with Crippen molar-refractivity contribution in [1.29, 1.82) is 0 Å². The van der Waals surface area contributed by atoms with Gasteiger partial charge in [-0.2, -0.15) is 0 Å². The maximum atomic E-state index is 12.4. The molecule has 1 atom stereocenters. The lowest BCUT2D eigenvalue weighted by Gasteiger charge is -2.30. The van der Waals surface area contributed by atoms with Gasteiger partial charge in [-0.15, -0.1) is 6.42 Å². The Morgan fingerprint density at radius 1 is 1.38 bits per heavy atom. The van der Waals surface area contributed by atoms with E-state index in [1.54, 1.807) is 12.1 Å². The van der Waals surface area contributed by atoms with Gasteiger partial charge in [0.2, 0.25) is 15.9 Å². The molecule has 7 heteroatoms. The molecule has 1 unspecified atom stereocenters. The first-order valence-corrected chi connectivity index (χ1v) is 9.45. The van der Waals surface area contributed by atoms with Crippen LogP contribution in [0.1, 0.15) is 31.4 Å². The monoisotopic (exact) mass is 349 g/mol. The van der Waals surface area contributed by atoms with Crippen molar-refractivity contribution in [2.24, 2.45) is 11.1 Å². The van der Waals surface area contributed by atoms with Gasteiger partial charge >= 0.3 is 0 Å². The van der Waals surface area contributed by atoms with Gasteiger partial charge in [0.05, 0.1) is 17.5 Å². The molecule has 0 bridgehead atoms. The van der Waals surface area contributed by atoms with Gasteiger partial charge in [0, 0.05) is 5.92 Å². The van der Waals surface area contributed by atoms with Gasteiger partial charge in [-0.1, -0.05) is 18.1 Å². The van der Waals surface area contributed by atoms with E-state index in [4.69, 9.17) is 11.6 Å². The molecule has 1 aromatic rings. The molecular formula is C17H23N3O3S. The van der Waals surface area contributed by atoms with Crippen LogP contribution >= 0.6 is 0 Å². The van der Waals surface area contributed by atoms with Crippen molar-refractivity contribution in [3.8, 4) is 12.3 Å². The second kappa shape index (κ2) is 7.79. The lowest BCUT2D eigenvalue weighted by Crippen LogP contribution is -2.41. The third-order valence-electron chi connectivity index (χ3n) is 4.34. The third-order valence-corrected chi connectivity index (χ3v) is 5.27. The summed E-state index contributed by atoms with van der Waals surface area (Å²) in [4.78, 5) is 14.6. The number of nitrogens with one attached hydrogen (secondary N) is 1. The van der Waals surface area contributed by atoms with Crippen molar-refractivity contribution >= 4 is 15.9 Å². The SMILES string of the molecule is C#CCN1CCC(C(=O)NC(C)c2ccc(S(N)(=O)=O)cc2)CC1. The minimum absolute atomic E-state index is 0.00910. The minimum atomic E-state index is -3.70. The van der Waals surface area contributed by atoms with Gasteiger partial charge in [0.1, 0.15) is 0 Å². The first kappa shape index (κ1) is 18.5.